The molecule has 3 rings (SSSR count). The smallest absolute Gasteiger partial charge is 0.274 e. The molecule has 2 heterocycles. The van der Waals surface area contributed by atoms with Crippen LogP contribution in [0.25, 0.3) is 0 Å². The van der Waals surface area contributed by atoms with Crippen molar-refractivity contribution in [3.8, 4) is 0 Å². The third-order valence-electron chi connectivity index (χ3n) is 4.36. The molecule has 1 aliphatic heterocycles. The van der Waals surface area contributed by atoms with Crippen LogP contribution in [0.1, 0.15) is 23.0 Å². The number of hydrogen-bond acceptors (Lipinski definition) is 5. The number of rotatable bonds is 4. The van der Waals surface area contributed by atoms with Gasteiger partial charge in [-0.25, -0.2) is 9.97 Å². The van der Waals surface area contributed by atoms with E-state index in [-0.39, 0.29) is 5.91 Å². The standard InChI is InChI=1S/C18H23N5O/c1-3-14-6-4-5-7-15(14)21-18(24)16-12-17(20-13-19-16)23-10-8-22(2)9-11-23/h4-7,12-13H,3,8-11H2,1-2H3,(H,21,24). The summed E-state index contributed by atoms with van der Waals surface area (Å²) in [6.45, 7) is 5.88. The van der Waals surface area contributed by atoms with Crippen LogP contribution in [0.5, 0.6) is 0 Å². The molecular formula is C18H23N5O. The maximum absolute atomic E-state index is 12.5. The van der Waals surface area contributed by atoms with Crippen LogP contribution in [-0.2, 0) is 6.42 Å². The average molecular weight is 325 g/mol. The van der Waals surface area contributed by atoms with E-state index in [2.05, 4.69) is 39.1 Å². The van der Waals surface area contributed by atoms with Gasteiger partial charge in [0, 0.05) is 37.9 Å². The summed E-state index contributed by atoms with van der Waals surface area (Å²) in [5, 5.41) is 2.96. The Morgan fingerprint density at radius 2 is 1.92 bits per heavy atom. The summed E-state index contributed by atoms with van der Waals surface area (Å²) in [5.41, 5.74) is 2.34. The van der Waals surface area contributed by atoms with Gasteiger partial charge in [0.1, 0.15) is 17.8 Å². The fourth-order valence-corrected chi connectivity index (χ4v) is 2.82. The number of amides is 1. The van der Waals surface area contributed by atoms with Crippen molar-refractivity contribution in [3.05, 3.63) is 47.9 Å². The van der Waals surface area contributed by atoms with Crippen LogP contribution < -0.4 is 10.2 Å². The first-order valence-electron chi connectivity index (χ1n) is 8.32. The normalized spacial score (nSPS) is 15.3. The molecule has 1 fully saturated rings. The second-order valence-electron chi connectivity index (χ2n) is 6.02. The second kappa shape index (κ2) is 7.40. The Hall–Kier alpha value is -2.47. The first kappa shape index (κ1) is 16.4. The number of nitrogens with zero attached hydrogens (tertiary/aromatic N) is 4. The summed E-state index contributed by atoms with van der Waals surface area (Å²) in [7, 11) is 2.11. The van der Waals surface area contributed by atoms with Crippen LogP contribution >= 0.6 is 0 Å². The molecule has 0 spiro atoms. The zero-order valence-electron chi connectivity index (χ0n) is 14.2. The predicted molar refractivity (Wildman–Crippen MR) is 95.5 cm³/mol. The van der Waals surface area contributed by atoms with Crippen LogP contribution in [0.3, 0.4) is 0 Å². The molecule has 0 aliphatic carbocycles. The van der Waals surface area contributed by atoms with E-state index in [1.165, 1.54) is 6.33 Å². The Kier molecular flexibility index (Phi) is 5.05. The lowest BCUT2D eigenvalue weighted by Gasteiger charge is -2.33. The van der Waals surface area contributed by atoms with Crippen molar-refractivity contribution in [2.75, 3.05) is 43.4 Å². The molecule has 0 atom stereocenters. The van der Waals surface area contributed by atoms with Gasteiger partial charge in [0.15, 0.2) is 0 Å². The van der Waals surface area contributed by atoms with E-state index in [0.717, 1.165) is 49.7 Å². The number of carbonyl (C=O) groups excluding carboxylic acids is 1. The van der Waals surface area contributed by atoms with Crippen LogP contribution in [0.2, 0.25) is 0 Å². The molecular weight excluding hydrogens is 302 g/mol. The lowest BCUT2D eigenvalue weighted by atomic mass is 10.1. The fraction of sp³-hybridized carbons (Fsp3) is 0.389. The molecule has 2 aromatic rings. The monoisotopic (exact) mass is 325 g/mol. The zero-order chi connectivity index (χ0) is 16.9. The van der Waals surface area contributed by atoms with E-state index in [1.807, 2.05) is 24.3 Å². The Morgan fingerprint density at radius 1 is 1.17 bits per heavy atom. The van der Waals surface area contributed by atoms with Gasteiger partial charge in [-0.15, -0.1) is 0 Å². The first-order valence-corrected chi connectivity index (χ1v) is 8.32. The van der Waals surface area contributed by atoms with Crippen molar-refractivity contribution in [3.63, 3.8) is 0 Å². The van der Waals surface area contributed by atoms with E-state index >= 15 is 0 Å². The lowest BCUT2D eigenvalue weighted by Crippen LogP contribution is -2.44. The molecule has 1 aliphatic rings. The van der Waals surface area contributed by atoms with Crippen LogP contribution in [0.15, 0.2) is 36.7 Å². The molecule has 1 aromatic heterocycles. The van der Waals surface area contributed by atoms with Gasteiger partial charge >= 0.3 is 0 Å². The van der Waals surface area contributed by atoms with E-state index in [4.69, 9.17) is 0 Å². The number of likely N-dealkylation sites (N-methyl/N-ethyl adjacent to an activating group) is 1. The van der Waals surface area contributed by atoms with Crippen LogP contribution in [0.4, 0.5) is 11.5 Å². The van der Waals surface area contributed by atoms with Crippen molar-refractivity contribution in [2.45, 2.75) is 13.3 Å². The number of nitrogens with one attached hydrogen (secondary N) is 1. The Balaban J connectivity index is 1.75. The van der Waals surface area contributed by atoms with Crippen LogP contribution in [-0.4, -0.2) is 54.0 Å². The van der Waals surface area contributed by atoms with E-state index < -0.39 is 0 Å². The molecule has 0 unspecified atom stereocenters. The predicted octanol–water partition coefficient (Wildman–Crippen LogP) is 2.04. The van der Waals surface area contributed by atoms with Gasteiger partial charge in [-0.05, 0) is 25.1 Å². The van der Waals surface area contributed by atoms with Gasteiger partial charge in [0.05, 0.1) is 0 Å². The van der Waals surface area contributed by atoms with E-state index in [9.17, 15) is 4.79 Å². The molecule has 24 heavy (non-hydrogen) atoms. The maximum Gasteiger partial charge on any atom is 0.274 e. The number of para-hydroxylation sites is 1. The average Bonchev–Trinajstić information content (AvgIpc) is 2.63. The van der Waals surface area contributed by atoms with Gasteiger partial charge in [-0.3, -0.25) is 4.79 Å². The van der Waals surface area contributed by atoms with Crippen molar-refractivity contribution in [1.82, 2.24) is 14.9 Å². The van der Waals surface area contributed by atoms with Crippen molar-refractivity contribution in [1.29, 1.82) is 0 Å². The van der Waals surface area contributed by atoms with Crippen LogP contribution in [0, 0.1) is 0 Å². The van der Waals surface area contributed by atoms with Gasteiger partial charge < -0.3 is 15.1 Å². The highest BCUT2D eigenvalue weighted by Crippen LogP contribution is 2.18. The summed E-state index contributed by atoms with van der Waals surface area (Å²) in [4.78, 5) is 25.5. The molecule has 1 saturated heterocycles. The fourth-order valence-electron chi connectivity index (χ4n) is 2.82. The number of aryl methyl sites for hydroxylation is 1. The number of aromatic nitrogens is 2. The van der Waals surface area contributed by atoms with E-state index in [1.54, 1.807) is 6.07 Å². The lowest BCUT2D eigenvalue weighted by molar-refractivity contribution is 0.102. The molecule has 1 amide bonds. The second-order valence-corrected chi connectivity index (χ2v) is 6.02. The zero-order valence-corrected chi connectivity index (χ0v) is 14.2. The molecule has 6 nitrogen and oxygen atoms in total. The van der Waals surface area contributed by atoms with Crippen molar-refractivity contribution >= 4 is 17.4 Å². The molecule has 0 radical (unpaired) electrons. The van der Waals surface area contributed by atoms with Crippen molar-refractivity contribution in [2.24, 2.45) is 0 Å². The quantitative estimate of drug-likeness (QED) is 0.932. The molecule has 0 saturated carbocycles. The maximum atomic E-state index is 12.5. The summed E-state index contributed by atoms with van der Waals surface area (Å²) < 4.78 is 0. The van der Waals surface area contributed by atoms with Gasteiger partial charge in [0.2, 0.25) is 0 Å². The highest BCUT2D eigenvalue weighted by Gasteiger charge is 2.17. The minimum absolute atomic E-state index is 0.200. The summed E-state index contributed by atoms with van der Waals surface area (Å²) in [6, 6.07) is 9.61. The molecule has 6 heteroatoms. The Labute approximate surface area is 142 Å². The third kappa shape index (κ3) is 3.71. The summed E-state index contributed by atoms with van der Waals surface area (Å²) in [6.07, 6.45) is 2.33. The molecule has 1 aromatic carbocycles. The Bertz CT molecular complexity index is 710. The highest BCUT2D eigenvalue weighted by molar-refractivity contribution is 6.03. The van der Waals surface area contributed by atoms with Crippen molar-refractivity contribution < 1.29 is 4.79 Å². The minimum Gasteiger partial charge on any atom is -0.354 e. The molecule has 126 valence electrons. The van der Waals surface area contributed by atoms with Gasteiger partial charge in [-0.2, -0.15) is 0 Å². The summed E-state index contributed by atoms with van der Waals surface area (Å²) in [5.74, 6) is 0.612. The Morgan fingerprint density at radius 3 is 2.67 bits per heavy atom. The molecule has 1 N–H and O–H groups in total. The minimum atomic E-state index is -0.200. The number of benzene rings is 1. The number of carbonyl (C=O) groups is 1. The number of hydrogen-bond donors (Lipinski definition) is 1. The summed E-state index contributed by atoms with van der Waals surface area (Å²) >= 11 is 0. The topological polar surface area (TPSA) is 61.4 Å². The first-order chi connectivity index (χ1) is 11.7. The number of piperazine rings is 1. The van der Waals surface area contributed by atoms with Gasteiger partial charge in [0.25, 0.3) is 5.91 Å². The highest BCUT2D eigenvalue weighted by atomic mass is 16.1. The van der Waals surface area contributed by atoms with Gasteiger partial charge in [-0.1, -0.05) is 25.1 Å². The van der Waals surface area contributed by atoms with E-state index in [0.29, 0.717) is 5.69 Å². The number of anilines is 2. The largest absolute Gasteiger partial charge is 0.354 e. The SMILES string of the molecule is CCc1ccccc1NC(=O)c1cc(N2CCN(C)CC2)ncn1. The molecule has 0 bridgehead atoms. The third-order valence-corrected chi connectivity index (χ3v) is 4.36.